The Morgan fingerprint density at radius 2 is 0.731 bits per heavy atom. The first-order valence-electron chi connectivity index (χ1n) is 17.7. The number of hydrogen-bond acceptors (Lipinski definition) is 3. The molecule has 11 aromatic rings. The van der Waals surface area contributed by atoms with Crippen LogP contribution >= 0.6 is 0 Å². The molecule has 3 heteroatoms. The van der Waals surface area contributed by atoms with Crippen LogP contribution in [0.1, 0.15) is 0 Å². The Kier molecular flexibility index (Phi) is 6.25. The lowest BCUT2D eigenvalue weighted by atomic mass is 9.90. The number of hydrogen-bond donors (Lipinski definition) is 0. The van der Waals surface area contributed by atoms with Crippen LogP contribution in [-0.2, 0) is 0 Å². The predicted molar refractivity (Wildman–Crippen MR) is 219 cm³/mol. The SMILES string of the molecule is c1ccc(-c2ccc3ccc4ccc(-c5ccc(-c6nc7c8ccccc8c8ccccc8c7c7ccccc67)c6ccccc56)nc4c3n2)cc1. The van der Waals surface area contributed by atoms with Crippen LogP contribution in [0.4, 0.5) is 0 Å². The third-order valence-electron chi connectivity index (χ3n) is 10.6. The van der Waals surface area contributed by atoms with E-state index in [1.165, 1.54) is 32.3 Å². The van der Waals surface area contributed by atoms with Gasteiger partial charge in [-0.05, 0) is 44.5 Å². The highest BCUT2D eigenvalue weighted by molar-refractivity contribution is 6.31. The molecule has 0 aliphatic carbocycles. The van der Waals surface area contributed by atoms with Crippen molar-refractivity contribution < 1.29 is 0 Å². The Bertz CT molecular complexity index is 3240. The summed E-state index contributed by atoms with van der Waals surface area (Å²) in [5.74, 6) is 0. The van der Waals surface area contributed by atoms with Gasteiger partial charge >= 0.3 is 0 Å². The molecule has 0 atom stereocenters. The van der Waals surface area contributed by atoms with E-state index >= 15 is 0 Å². The van der Waals surface area contributed by atoms with Crippen LogP contribution in [0, 0.1) is 0 Å². The van der Waals surface area contributed by atoms with Crippen molar-refractivity contribution in [1.29, 1.82) is 0 Å². The van der Waals surface area contributed by atoms with Crippen molar-refractivity contribution in [1.82, 2.24) is 15.0 Å². The van der Waals surface area contributed by atoms with E-state index in [1.807, 2.05) is 6.07 Å². The standard InChI is InChI=1S/C49H29N3/c1-2-12-30(13-3-1)43-28-24-31-22-23-32-25-29-44(51-47(32)46(31)50-43)37-26-27-42(35-16-5-4-14-33(35)37)48-41-21-11-9-19-39(41)45-38-18-8-6-15-34(38)36-17-7-10-20-40(36)49(45)52-48/h1-29H. The molecular formula is C49H29N3. The van der Waals surface area contributed by atoms with Crippen molar-refractivity contribution in [3.8, 4) is 33.8 Å². The summed E-state index contributed by atoms with van der Waals surface area (Å²) in [5, 5.41) is 12.9. The van der Waals surface area contributed by atoms with Gasteiger partial charge in [0.25, 0.3) is 0 Å². The number of nitrogens with zero attached hydrogens (tertiary/aromatic N) is 3. The van der Waals surface area contributed by atoms with Gasteiger partial charge in [0.15, 0.2) is 0 Å². The summed E-state index contributed by atoms with van der Waals surface area (Å²) < 4.78 is 0. The summed E-state index contributed by atoms with van der Waals surface area (Å²) in [6.07, 6.45) is 0. The first-order chi connectivity index (χ1) is 25.8. The van der Waals surface area contributed by atoms with E-state index in [1.54, 1.807) is 0 Å². The van der Waals surface area contributed by atoms with E-state index in [4.69, 9.17) is 15.0 Å². The fourth-order valence-electron chi connectivity index (χ4n) is 8.21. The van der Waals surface area contributed by atoms with Crippen LogP contribution in [0.2, 0.25) is 0 Å². The Labute approximate surface area is 299 Å². The second kappa shape index (κ2) is 11.3. The van der Waals surface area contributed by atoms with Crippen LogP contribution in [0.5, 0.6) is 0 Å². The van der Waals surface area contributed by atoms with Gasteiger partial charge in [-0.2, -0.15) is 0 Å². The summed E-state index contributed by atoms with van der Waals surface area (Å²) >= 11 is 0. The van der Waals surface area contributed by atoms with Crippen molar-refractivity contribution >= 4 is 75.8 Å². The number of aromatic nitrogens is 3. The largest absolute Gasteiger partial charge is 0.246 e. The van der Waals surface area contributed by atoms with E-state index in [9.17, 15) is 0 Å². The fraction of sp³-hybridized carbons (Fsp3) is 0. The van der Waals surface area contributed by atoms with Crippen molar-refractivity contribution in [2.45, 2.75) is 0 Å². The predicted octanol–water partition coefficient (Wildman–Crippen LogP) is 12.9. The normalized spacial score (nSPS) is 11.8. The molecule has 240 valence electrons. The van der Waals surface area contributed by atoms with E-state index in [-0.39, 0.29) is 0 Å². The maximum absolute atomic E-state index is 5.59. The van der Waals surface area contributed by atoms with Crippen molar-refractivity contribution in [3.63, 3.8) is 0 Å². The molecule has 0 saturated heterocycles. The molecule has 0 amide bonds. The summed E-state index contributed by atoms with van der Waals surface area (Å²) in [6.45, 7) is 0. The molecule has 52 heavy (non-hydrogen) atoms. The highest BCUT2D eigenvalue weighted by atomic mass is 14.8. The first kappa shape index (κ1) is 28.8. The first-order valence-corrected chi connectivity index (χ1v) is 17.7. The topological polar surface area (TPSA) is 38.7 Å². The summed E-state index contributed by atoms with van der Waals surface area (Å²) in [7, 11) is 0. The minimum absolute atomic E-state index is 0.905. The lowest BCUT2D eigenvalue weighted by molar-refractivity contribution is 1.37. The maximum atomic E-state index is 5.59. The summed E-state index contributed by atoms with van der Waals surface area (Å²) in [6, 6.07) is 62.4. The Morgan fingerprint density at radius 1 is 0.269 bits per heavy atom. The van der Waals surface area contributed by atoms with Crippen LogP contribution in [0.15, 0.2) is 176 Å². The maximum Gasteiger partial charge on any atom is 0.0972 e. The molecule has 0 bridgehead atoms. The van der Waals surface area contributed by atoms with Crippen molar-refractivity contribution in [3.05, 3.63) is 176 Å². The Balaban J connectivity index is 1.16. The smallest absolute Gasteiger partial charge is 0.0972 e. The van der Waals surface area contributed by atoms with E-state index < -0.39 is 0 Å². The quantitative estimate of drug-likeness (QED) is 0.177. The average Bonchev–Trinajstić information content (AvgIpc) is 3.23. The molecule has 0 N–H and O–H groups in total. The number of rotatable bonds is 3. The minimum Gasteiger partial charge on any atom is -0.246 e. The lowest BCUT2D eigenvalue weighted by Gasteiger charge is -2.17. The fourth-order valence-corrected chi connectivity index (χ4v) is 8.21. The lowest BCUT2D eigenvalue weighted by Crippen LogP contribution is -1.95. The second-order valence-electron chi connectivity index (χ2n) is 13.5. The molecule has 8 aromatic carbocycles. The van der Waals surface area contributed by atoms with Gasteiger partial charge in [-0.15, -0.1) is 0 Å². The molecule has 0 aliphatic heterocycles. The zero-order chi connectivity index (χ0) is 34.2. The van der Waals surface area contributed by atoms with Crippen LogP contribution < -0.4 is 0 Å². The molecule has 0 spiro atoms. The third kappa shape index (κ3) is 4.30. The summed E-state index contributed by atoms with van der Waals surface area (Å²) in [5.41, 5.74) is 8.98. The van der Waals surface area contributed by atoms with Gasteiger partial charge in [0.2, 0.25) is 0 Å². The number of pyridine rings is 3. The molecule has 3 heterocycles. The molecule has 3 aromatic heterocycles. The number of fused-ring (bicyclic) bond motifs is 12. The molecule has 0 radical (unpaired) electrons. The molecule has 0 aliphatic rings. The van der Waals surface area contributed by atoms with Gasteiger partial charge in [0, 0.05) is 43.6 Å². The zero-order valence-electron chi connectivity index (χ0n) is 28.1. The monoisotopic (exact) mass is 659 g/mol. The summed E-state index contributed by atoms with van der Waals surface area (Å²) in [4.78, 5) is 16.1. The second-order valence-corrected chi connectivity index (χ2v) is 13.5. The van der Waals surface area contributed by atoms with E-state index in [2.05, 4.69) is 170 Å². The third-order valence-corrected chi connectivity index (χ3v) is 10.6. The van der Waals surface area contributed by atoms with E-state index in [0.29, 0.717) is 0 Å². The molecule has 3 nitrogen and oxygen atoms in total. The average molecular weight is 660 g/mol. The molecule has 0 fully saturated rings. The number of benzene rings is 8. The molecule has 11 rings (SSSR count). The highest BCUT2D eigenvalue weighted by Gasteiger charge is 2.19. The molecule has 0 unspecified atom stereocenters. The zero-order valence-corrected chi connectivity index (χ0v) is 28.1. The Hall–Kier alpha value is -6.97. The molecule has 0 saturated carbocycles. The van der Waals surface area contributed by atoms with Gasteiger partial charge in [-0.1, -0.05) is 164 Å². The van der Waals surface area contributed by atoms with Gasteiger partial charge < -0.3 is 0 Å². The molecular weight excluding hydrogens is 631 g/mol. The van der Waals surface area contributed by atoms with Gasteiger partial charge in [0.1, 0.15) is 0 Å². The van der Waals surface area contributed by atoms with Gasteiger partial charge in [0.05, 0.1) is 33.6 Å². The van der Waals surface area contributed by atoms with Crippen LogP contribution in [0.3, 0.4) is 0 Å². The highest BCUT2D eigenvalue weighted by Crippen LogP contribution is 2.43. The van der Waals surface area contributed by atoms with Crippen molar-refractivity contribution in [2.75, 3.05) is 0 Å². The van der Waals surface area contributed by atoms with Crippen LogP contribution in [0.25, 0.3) is 110 Å². The van der Waals surface area contributed by atoms with Crippen LogP contribution in [-0.4, -0.2) is 15.0 Å². The van der Waals surface area contributed by atoms with Gasteiger partial charge in [-0.3, -0.25) is 0 Å². The minimum atomic E-state index is 0.905. The van der Waals surface area contributed by atoms with E-state index in [0.717, 1.165) is 77.3 Å². The Morgan fingerprint density at radius 3 is 1.42 bits per heavy atom. The van der Waals surface area contributed by atoms with Gasteiger partial charge in [-0.25, -0.2) is 15.0 Å². The van der Waals surface area contributed by atoms with Crippen molar-refractivity contribution in [2.24, 2.45) is 0 Å².